The molecule has 0 aliphatic carbocycles. The summed E-state index contributed by atoms with van der Waals surface area (Å²) in [5, 5.41) is 9.54. The summed E-state index contributed by atoms with van der Waals surface area (Å²) >= 11 is 0. The Morgan fingerprint density at radius 2 is 1.94 bits per heavy atom. The van der Waals surface area contributed by atoms with Crippen molar-refractivity contribution in [3.63, 3.8) is 0 Å². The van der Waals surface area contributed by atoms with Crippen molar-refractivity contribution in [3.8, 4) is 5.75 Å². The molecule has 0 saturated carbocycles. The number of aliphatic hydroxyl groups excluding tert-OH is 1. The second-order valence-corrected chi connectivity index (χ2v) is 4.12. The highest BCUT2D eigenvalue weighted by Crippen LogP contribution is 2.23. The second-order valence-electron chi connectivity index (χ2n) is 4.12. The minimum absolute atomic E-state index is 0.0600. The maximum atomic E-state index is 9.54. The molecule has 0 amide bonds. The van der Waals surface area contributed by atoms with Crippen LogP contribution in [0.5, 0.6) is 5.75 Å². The van der Waals surface area contributed by atoms with Gasteiger partial charge in [-0.25, -0.2) is 0 Å². The van der Waals surface area contributed by atoms with E-state index in [-0.39, 0.29) is 12.6 Å². The van der Waals surface area contributed by atoms with E-state index >= 15 is 0 Å². The van der Waals surface area contributed by atoms with Crippen LogP contribution in [0.2, 0.25) is 0 Å². The molecule has 94 valence electrons. The number of morpholine rings is 1. The van der Waals surface area contributed by atoms with E-state index in [9.17, 15) is 5.11 Å². The predicted molar refractivity (Wildman–Crippen MR) is 65.2 cm³/mol. The molecule has 0 radical (unpaired) electrons. The average Bonchev–Trinajstić information content (AvgIpc) is 2.42. The van der Waals surface area contributed by atoms with E-state index in [4.69, 9.17) is 9.47 Å². The number of hydrogen-bond acceptors (Lipinski definition) is 4. The first-order chi connectivity index (χ1) is 8.35. The third kappa shape index (κ3) is 2.97. The normalized spacial score (nSPS) is 18.9. The van der Waals surface area contributed by atoms with Crippen molar-refractivity contribution in [1.29, 1.82) is 0 Å². The summed E-state index contributed by atoms with van der Waals surface area (Å²) in [4.78, 5) is 2.26. The number of rotatable bonds is 4. The Labute approximate surface area is 102 Å². The van der Waals surface area contributed by atoms with Crippen molar-refractivity contribution in [2.24, 2.45) is 0 Å². The summed E-state index contributed by atoms with van der Waals surface area (Å²) in [6.07, 6.45) is 0. The lowest BCUT2D eigenvalue weighted by atomic mass is 10.1. The first kappa shape index (κ1) is 12.4. The fraction of sp³-hybridized carbons (Fsp3) is 0.538. The van der Waals surface area contributed by atoms with Gasteiger partial charge in [0.2, 0.25) is 0 Å². The maximum absolute atomic E-state index is 9.54. The van der Waals surface area contributed by atoms with Crippen molar-refractivity contribution in [1.82, 2.24) is 4.90 Å². The summed E-state index contributed by atoms with van der Waals surface area (Å²) in [5.41, 5.74) is 1.12. The van der Waals surface area contributed by atoms with Gasteiger partial charge in [0.1, 0.15) is 5.75 Å². The molecule has 0 spiro atoms. The van der Waals surface area contributed by atoms with E-state index < -0.39 is 0 Å². The van der Waals surface area contributed by atoms with Gasteiger partial charge in [0.05, 0.1) is 33.0 Å². The van der Waals surface area contributed by atoms with Crippen molar-refractivity contribution in [2.75, 3.05) is 40.0 Å². The fourth-order valence-corrected chi connectivity index (χ4v) is 2.15. The van der Waals surface area contributed by atoms with Crippen LogP contribution in [-0.2, 0) is 4.74 Å². The van der Waals surface area contributed by atoms with Crippen LogP contribution in [-0.4, -0.2) is 50.0 Å². The van der Waals surface area contributed by atoms with E-state index in [2.05, 4.69) is 4.90 Å². The van der Waals surface area contributed by atoms with Crippen LogP contribution in [0, 0.1) is 0 Å². The molecule has 1 saturated heterocycles. The summed E-state index contributed by atoms with van der Waals surface area (Å²) in [6.45, 7) is 3.36. The molecule has 1 aromatic carbocycles. The Bertz CT molecular complexity index is 333. The summed E-state index contributed by atoms with van der Waals surface area (Å²) in [5.74, 6) is 0.840. The third-order valence-electron chi connectivity index (χ3n) is 3.16. The minimum atomic E-state index is 0.0600. The molecule has 17 heavy (non-hydrogen) atoms. The van der Waals surface area contributed by atoms with Crippen LogP contribution in [0.3, 0.4) is 0 Å². The molecule has 1 aliphatic heterocycles. The van der Waals surface area contributed by atoms with E-state index in [1.165, 1.54) is 0 Å². The molecule has 1 atom stereocenters. The van der Waals surface area contributed by atoms with Crippen molar-refractivity contribution >= 4 is 0 Å². The van der Waals surface area contributed by atoms with Crippen molar-refractivity contribution in [2.45, 2.75) is 6.04 Å². The first-order valence-electron chi connectivity index (χ1n) is 5.91. The predicted octanol–water partition coefficient (Wildman–Crippen LogP) is 1.06. The van der Waals surface area contributed by atoms with Gasteiger partial charge in [0, 0.05) is 13.1 Å². The summed E-state index contributed by atoms with van der Waals surface area (Å²) < 4.78 is 10.5. The number of methoxy groups -OCH3 is 1. The molecule has 4 heteroatoms. The van der Waals surface area contributed by atoms with Gasteiger partial charge in [-0.3, -0.25) is 4.90 Å². The first-order valence-corrected chi connectivity index (χ1v) is 5.91. The van der Waals surface area contributed by atoms with Crippen LogP contribution in [0.1, 0.15) is 11.6 Å². The van der Waals surface area contributed by atoms with Gasteiger partial charge >= 0.3 is 0 Å². The van der Waals surface area contributed by atoms with E-state index in [1.807, 2.05) is 24.3 Å². The zero-order valence-corrected chi connectivity index (χ0v) is 10.1. The Morgan fingerprint density at radius 3 is 2.47 bits per heavy atom. The smallest absolute Gasteiger partial charge is 0.118 e. The maximum Gasteiger partial charge on any atom is 0.118 e. The number of aliphatic hydroxyl groups is 1. The lowest BCUT2D eigenvalue weighted by Gasteiger charge is -2.33. The minimum Gasteiger partial charge on any atom is -0.497 e. The number of hydrogen-bond donors (Lipinski definition) is 1. The Morgan fingerprint density at radius 1 is 1.29 bits per heavy atom. The standard InChI is InChI=1S/C13H19NO3/c1-16-12-4-2-11(3-5-12)13(10-15)14-6-8-17-9-7-14/h2-5,13,15H,6-10H2,1H3. The molecule has 1 fully saturated rings. The molecular formula is C13H19NO3. The van der Waals surface area contributed by atoms with Gasteiger partial charge in [0.15, 0.2) is 0 Å². The van der Waals surface area contributed by atoms with E-state index in [0.717, 1.165) is 37.6 Å². The molecule has 2 rings (SSSR count). The largest absolute Gasteiger partial charge is 0.497 e. The van der Waals surface area contributed by atoms with Gasteiger partial charge in [-0.15, -0.1) is 0 Å². The third-order valence-corrected chi connectivity index (χ3v) is 3.16. The quantitative estimate of drug-likeness (QED) is 0.850. The lowest BCUT2D eigenvalue weighted by Crippen LogP contribution is -2.40. The van der Waals surface area contributed by atoms with Gasteiger partial charge < -0.3 is 14.6 Å². The van der Waals surface area contributed by atoms with Crippen LogP contribution in [0.4, 0.5) is 0 Å². The topological polar surface area (TPSA) is 41.9 Å². The molecule has 0 aromatic heterocycles. The molecule has 1 heterocycles. The Balaban J connectivity index is 2.10. The highest BCUT2D eigenvalue weighted by molar-refractivity contribution is 5.29. The number of ether oxygens (including phenoxy) is 2. The van der Waals surface area contributed by atoms with E-state index in [1.54, 1.807) is 7.11 Å². The molecule has 1 unspecified atom stereocenters. The molecule has 1 aromatic rings. The van der Waals surface area contributed by atoms with E-state index in [0.29, 0.717) is 0 Å². The highest BCUT2D eigenvalue weighted by Gasteiger charge is 2.21. The molecule has 4 nitrogen and oxygen atoms in total. The SMILES string of the molecule is COc1ccc(C(CO)N2CCOCC2)cc1. The Kier molecular flexibility index (Phi) is 4.36. The summed E-state index contributed by atoms with van der Waals surface area (Å²) in [7, 11) is 1.65. The zero-order valence-electron chi connectivity index (χ0n) is 10.1. The van der Waals surface area contributed by atoms with Gasteiger partial charge in [-0.05, 0) is 17.7 Å². The highest BCUT2D eigenvalue weighted by atomic mass is 16.5. The second kappa shape index (κ2) is 6.00. The van der Waals surface area contributed by atoms with Gasteiger partial charge in [0.25, 0.3) is 0 Å². The zero-order chi connectivity index (χ0) is 12.1. The molecular weight excluding hydrogens is 218 g/mol. The van der Waals surface area contributed by atoms with Crippen molar-refractivity contribution in [3.05, 3.63) is 29.8 Å². The molecule has 1 aliphatic rings. The molecule has 1 N–H and O–H groups in total. The fourth-order valence-electron chi connectivity index (χ4n) is 2.15. The number of nitrogens with zero attached hydrogens (tertiary/aromatic N) is 1. The van der Waals surface area contributed by atoms with Crippen LogP contribution < -0.4 is 4.74 Å². The van der Waals surface area contributed by atoms with Crippen LogP contribution >= 0.6 is 0 Å². The summed E-state index contributed by atoms with van der Waals surface area (Å²) in [6, 6.07) is 7.94. The van der Waals surface area contributed by atoms with Gasteiger partial charge in [-0.2, -0.15) is 0 Å². The van der Waals surface area contributed by atoms with Crippen molar-refractivity contribution < 1.29 is 14.6 Å². The average molecular weight is 237 g/mol. The Hall–Kier alpha value is -1.10. The monoisotopic (exact) mass is 237 g/mol. The molecule has 0 bridgehead atoms. The van der Waals surface area contributed by atoms with Crippen LogP contribution in [0.25, 0.3) is 0 Å². The van der Waals surface area contributed by atoms with Gasteiger partial charge in [-0.1, -0.05) is 12.1 Å². The number of benzene rings is 1. The van der Waals surface area contributed by atoms with Crippen LogP contribution in [0.15, 0.2) is 24.3 Å². The lowest BCUT2D eigenvalue weighted by molar-refractivity contribution is 0.00258.